The molecule has 3 heteroatoms. The highest BCUT2D eigenvalue weighted by Crippen LogP contribution is 2.39. The van der Waals surface area contributed by atoms with E-state index in [9.17, 15) is 10.2 Å². The number of β-amino-alcohol motifs (C(OH)–C–C–N with tert-alkyl or cyclic N) is 1. The van der Waals surface area contributed by atoms with Crippen LogP contribution in [0.15, 0.2) is 30.3 Å². The van der Waals surface area contributed by atoms with E-state index in [0.29, 0.717) is 18.4 Å². The van der Waals surface area contributed by atoms with E-state index in [1.165, 1.54) is 0 Å². The number of rotatable bonds is 3. The summed E-state index contributed by atoms with van der Waals surface area (Å²) < 4.78 is 0. The Morgan fingerprint density at radius 2 is 1.95 bits per heavy atom. The van der Waals surface area contributed by atoms with Crippen LogP contribution in [0.2, 0.25) is 0 Å². The molecule has 0 amide bonds. The molecule has 19 heavy (non-hydrogen) atoms. The van der Waals surface area contributed by atoms with Crippen LogP contribution in [0.5, 0.6) is 0 Å². The summed E-state index contributed by atoms with van der Waals surface area (Å²) in [5.74, 6) is 1.05. The van der Waals surface area contributed by atoms with E-state index in [1.54, 1.807) is 0 Å². The molecule has 0 aromatic heterocycles. The number of nitrogens with zero attached hydrogens (tertiary/aromatic N) is 1. The van der Waals surface area contributed by atoms with Crippen LogP contribution in [-0.2, 0) is 5.60 Å². The molecule has 1 aliphatic heterocycles. The topological polar surface area (TPSA) is 43.7 Å². The maximum atomic E-state index is 10.7. The third kappa shape index (κ3) is 2.55. The molecule has 1 aromatic carbocycles. The molecule has 2 N–H and O–H groups in total. The van der Waals surface area contributed by atoms with Crippen molar-refractivity contribution in [3.63, 3.8) is 0 Å². The molecule has 0 radical (unpaired) electrons. The lowest BCUT2D eigenvalue weighted by atomic mass is 9.95. The zero-order chi connectivity index (χ0) is 13.5. The third-order valence-corrected chi connectivity index (χ3v) is 4.82. The summed E-state index contributed by atoms with van der Waals surface area (Å²) in [6, 6.07) is 9.85. The second-order valence-electron chi connectivity index (χ2n) is 6.40. The highest BCUT2D eigenvalue weighted by molar-refractivity contribution is 5.22. The van der Waals surface area contributed by atoms with Gasteiger partial charge in [0.25, 0.3) is 0 Å². The molecule has 2 aliphatic rings. The van der Waals surface area contributed by atoms with Crippen LogP contribution in [0.4, 0.5) is 0 Å². The highest BCUT2D eigenvalue weighted by atomic mass is 16.3. The number of likely N-dealkylation sites (tertiary alicyclic amines) is 1. The molecule has 1 saturated carbocycles. The molecule has 1 heterocycles. The summed E-state index contributed by atoms with van der Waals surface area (Å²) >= 11 is 0. The Morgan fingerprint density at radius 1 is 1.21 bits per heavy atom. The van der Waals surface area contributed by atoms with Gasteiger partial charge in [-0.1, -0.05) is 30.3 Å². The number of aliphatic hydroxyl groups is 2. The van der Waals surface area contributed by atoms with Crippen LogP contribution in [-0.4, -0.2) is 40.9 Å². The van der Waals surface area contributed by atoms with Gasteiger partial charge in [0.15, 0.2) is 0 Å². The molecule has 4 atom stereocenters. The fraction of sp³-hybridized carbons (Fsp3) is 0.625. The first-order valence-corrected chi connectivity index (χ1v) is 7.24. The number of hydrogen-bond acceptors (Lipinski definition) is 3. The van der Waals surface area contributed by atoms with Gasteiger partial charge in [0.2, 0.25) is 0 Å². The van der Waals surface area contributed by atoms with E-state index in [-0.39, 0.29) is 6.10 Å². The minimum Gasteiger partial charge on any atom is -0.393 e. The maximum absolute atomic E-state index is 10.7. The van der Waals surface area contributed by atoms with Gasteiger partial charge in [0.05, 0.1) is 11.7 Å². The quantitative estimate of drug-likeness (QED) is 0.868. The minimum atomic E-state index is -0.815. The molecule has 0 spiro atoms. The van der Waals surface area contributed by atoms with Gasteiger partial charge in [-0.05, 0) is 31.2 Å². The lowest BCUT2D eigenvalue weighted by molar-refractivity contribution is 0.0178. The molecule has 1 aliphatic carbocycles. The lowest BCUT2D eigenvalue weighted by Gasteiger charge is -2.30. The first-order chi connectivity index (χ1) is 9.06. The van der Waals surface area contributed by atoms with E-state index in [4.69, 9.17) is 0 Å². The Morgan fingerprint density at radius 3 is 2.63 bits per heavy atom. The van der Waals surface area contributed by atoms with Gasteiger partial charge in [0, 0.05) is 25.6 Å². The average Bonchev–Trinajstić information content (AvgIpc) is 2.92. The van der Waals surface area contributed by atoms with Crippen molar-refractivity contribution in [2.45, 2.75) is 31.5 Å². The summed E-state index contributed by atoms with van der Waals surface area (Å²) in [6.45, 7) is 4.48. The van der Waals surface area contributed by atoms with E-state index < -0.39 is 5.60 Å². The summed E-state index contributed by atoms with van der Waals surface area (Å²) in [7, 11) is 0. The second-order valence-corrected chi connectivity index (χ2v) is 6.40. The second kappa shape index (κ2) is 4.89. The molecule has 3 nitrogen and oxygen atoms in total. The zero-order valence-corrected chi connectivity index (χ0v) is 11.5. The molecular formula is C16H23NO2. The fourth-order valence-corrected chi connectivity index (χ4v) is 3.78. The standard InChI is InChI=1S/C16H23NO2/c1-16(19,13-5-3-2-4-6-13)11-17-9-12-7-8-15(18)14(12)10-17/h2-6,12,14-15,18-19H,7-11H2,1H3. The van der Waals surface area contributed by atoms with E-state index >= 15 is 0 Å². The van der Waals surface area contributed by atoms with Crippen LogP contribution in [0.1, 0.15) is 25.3 Å². The van der Waals surface area contributed by atoms with E-state index in [2.05, 4.69) is 4.90 Å². The normalized spacial score (nSPS) is 34.2. The molecule has 2 fully saturated rings. The van der Waals surface area contributed by atoms with Gasteiger partial charge in [-0.3, -0.25) is 4.90 Å². The zero-order valence-electron chi connectivity index (χ0n) is 11.5. The molecule has 1 saturated heterocycles. The molecule has 104 valence electrons. The Hall–Kier alpha value is -0.900. The van der Waals surface area contributed by atoms with Gasteiger partial charge in [-0.15, -0.1) is 0 Å². The molecule has 0 bridgehead atoms. The fourth-order valence-electron chi connectivity index (χ4n) is 3.78. The lowest BCUT2D eigenvalue weighted by Crippen LogP contribution is -2.38. The minimum absolute atomic E-state index is 0.128. The summed E-state index contributed by atoms with van der Waals surface area (Å²) in [6.07, 6.45) is 1.96. The van der Waals surface area contributed by atoms with Crippen molar-refractivity contribution < 1.29 is 10.2 Å². The van der Waals surface area contributed by atoms with Crippen molar-refractivity contribution in [2.24, 2.45) is 11.8 Å². The third-order valence-electron chi connectivity index (χ3n) is 4.82. The van der Waals surface area contributed by atoms with Crippen LogP contribution >= 0.6 is 0 Å². The number of hydrogen-bond donors (Lipinski definition) is 2. The van der Waals surface area contributed by atoms with Crippen LogP contribution in [0.25, 0.3) is 0 Å². The van der Waals surface area contributed by atoms with Crippen LogP contribution in [0.3, 0.4) is 0 Å². The maximum Gasteiger partial charge on any atom is 0.0994 e. The van der Waals surface area contributed by atoms with Gasteiger partial charge in [-0.2, -0.15) is 0 Å². The van der Waals surface area contributed by atoms with Crippen molar-refractivity contribution in [2.75, 3.05) is 19.6 Å². The van der Waals surface area contributed by atoms with E-state index in [0.717, 1.165) is 31.5 Å². The Balaban J connectivity index is 1.66. The van der Waals surface area contributed by atoms with Crippen LogP contribution < -0.4 is 0 Å². The van der Waals surface area contributed by atoms with Gasteiger partial charge in [0.1, 0.15) is 0 Å². The van der Waals surface area contributed by atoms with Crippen molar-refractivity contribution in [1.29, 1.82) is 0 Å². The van der Waals surface area contributed by atoms with Gasteiger partial charge < -0.3 is 10.2 Å². The molecule has 1 aromatic rings. The highest BCUT2D eigenvalue weighted by Gasteiger charge is 2.43. The SMILES string of the molecule is CC(O)(CN1CC2CCC(O)C2C1)c1ccccc1. The van der Waals surface area contributed by atoms with Gasteiger partial charge in [-0.25, -0.2) is 0 Å². The largest absolute Gasteiger partial charge is 0.393 e. The summed E-state index contributed by atoms with van der Waals surface area (Å²) in [5, 5.41) is 20.6. The summed E-state index contributed by atoms with van der Waals surface area (Å²) in [5.41, 5.74) is 0.151. The number of fused-ring (bicyclic) bond motifs is 1. The first-order valence-electron chi connectivity index (χ1n) is 7.24. The van der Waals surface area contributed by atoms with Crippen molar-refractivity contribution in [3.05, 3.63) is 35.9 Å². The summed E-state index contributed by atoms with van der Waals surface area (Å²) in [4.78, 5) is 2.31. The van der Waals surface area contributed by atoms with E-state index in [1.807, 2.05) is 37.3 Å². The van der Waals surface area contributed by atoms with Crippen LogP contribution in [0, 0.1) is 11.8 Å². The number of benzene rings is 1. The van der Waals surface area contributed by atoms with Crippen molar-refractivity contribution >= 4 is 0 Å². The predicted octanol–water partition coefficient (Wildman–Crippen LogP) is 1.60. The number of aliphatic hydroxyl groups excluding tert-OH is 1. The first kappa shape index (κ1) is 13.1. The van der Waals surface area contributed by atoms with Gasteiger partial charge >= 0.3 is 0 Å². The monoisotopic (exact) mass is 261 g/mol. The smallest absolute Gasteiger partial charge is 0.0994 e. The Bertz CT molecular complexity index is 432. The average molecular weight is 261 g/mol. The van der Waals surface area contributed by atoms with Crippen molar-refractivity contribution in [3.8, 4) is 0 Å². The molecule has 4 unspecified atom stereocenters. The molecular weight excluding hydrogens is 238 g/mol. The van der Waals surface area contributed by atoms with Crippen molar-refractivity contribution in [1.82, 2.24) is 4.90 Å². The Kier molecular flexibility index (Phi) is 3.37. The predicted molar refractivity (Wildman–Crippen MR) is 74.7 cm³/mol. The Labute approximate surface area is 114 Å². The molecule has 3 rings (SSSR count).